The summed E-state index contributed by atoms with van der Waals surface area (Å²) in [4.78, 5) is 0.979. The van der Waals surface area contributed by atoms with Crippen molar-refractivity contribution in [2.75, 3.05) is 0 Å². The van der Waals surface area contributed by atoms with Gasteiger partial charge in [-0.1, -0.05) is 0 Å². The van der Waals surface area contributed by atoms with Gasteiger partial charge in [-0.2, -0.15) is 5.26 Å². The SMILES string of the molecule is N#CCc1csc2cc(S)cc(I)c12. The van der Waals surface area contributed by atoms with Gasteiger partial charge in [0.25, 0.3) is 0 Å². The molecule has 14 heavy (non-hydrogen) atoms. The Morgan fingerprint density at radius 3 is 3.00 bits per heavy atom. The molecule has 0 bridgehead atoms. The van der Waals surface area contributed by atoms with Gasteiger partial charge < -0.3 is 0 Å². The molecule has 0 fully saturated rings. The summed E-state index contributed by atoms with van der Waals surface area (Å²) in [6.45, 7) is 0. The van der Waals surface area contributed by atoms with Gasteiger partial charge in [0, 0.05) is 18.6 Å². The molecule has 1 heterocycles. The minimum atomic E-state index is 0.488. The summed E-state index contributed by atoms with van der Waals surface area (Å²) in [7, 11) is 0. The number of thiophene rings is 1. The Morgan fingerprint density at radius 2 is 2.29 bits per heavy atom. The number of hydrogen-bond acceptors (Lipinski definition) is 3. The molecule has 0 saturated carbocycles. The Morgan fingerprint density at radius 1 is 1.50 bits per heavy atom. The lowest BCUT2D eigenvalue weighted by atomic mass is 10.1. The molecule has 1 aromatic carbocycles. The first-order valence-electron chi connectivity index (χ1n) is 3.98. The zero-order valence-corrected chi connectivity index (χ0v) is 11.0. The Kier molecular flexibility index (Phi) is 3.00. The van der Waals surface area contributed by atoms with Gasteiger partial charge >= 0.3 is 0 Å². The van der Waals surface area contributed by atoms with Crippen molar-refractivity contribution in [2.45, 2.75) is 11.3 Å². The Bertz CT molecular complexity index is 525. The van der Waals surface area contributed by atoms with Crippen LogP contribution in [0, 0.1) is 14.9 Å². The van der Waals surface area contributed by atoms with Gasteiger partial charge in [-0.3, -0.25) is 0 Å². The Balaban J connectivity index is 2.74. The Hall–Kier alpha value is -0.250. The number of fused-ring (bicyclic) bond motifs is 1. The summed E-state index contributed by atoms with van der Waals surface area (Å²) < 4.78 is 2.39. The smallest absolute Gasteiger partial charge is 0.0670 e. The number of rotatable bonds is 1. The summed E-state index contributed by atoms with van der Waals surface area (Å²) in [5, 5.41) is 12.0. The van der Waals surface area contributed by atoms with E-state index in [1.807, 2.05) is 12.1 Å². The van der Waals surface area contributed by atoms with E-state index in [2.05, 4.69) is 46.7 Å². The molecule has 0 unspecified atom stereocenters. The third-order valence-electron chi connectivity index (χ3n) is 1.96. The number of nitriles is 1. The second-order valence-electron chi connectivity index (χ2n) is 2.90. The van der Waals surface area contributed by atoms with Crippen LogP contribution in [0.25, 0.3) is 10.1 Å². The van der Waals surface area contributed by atoms with Crippen molar-refractivity contribution >= 4 is 56.6 Å². The van der Waals surface area contributed by atoms with Crippen LogP contribution in [0.2, 0.25) is 0 Å². The highest BCUT2D eigenvalue weighted by molar-refractivity contribution is 14.1. The minimum Gasteiger partial charge on any atom is -0.198 e. The molecule has 0 saturated heterocycles. The lowest BCUT2D eigenvalue weighted by Gasteiger charge is -1.98. The summed E-state index contributed by atoms with van der Waals surface area (Å²) in [5.74, 6) is 0. The molecule has 0 atom stereocenters. The third kappa shape index (κ3) is 1.76. The van der Waals surface area contributed by atoms with Gasteiger partial charge in [0.2, 0.25) is 0 Å². The van der Waals surface area contributed by atoms with E-state index in [0.29, 0.717) is 6.42 Å². The predicted molar refractivity (Wildman–Crippen MR) is 71.1 cm³/mol. The Labute approximate surface area is 105 Å². The van der Waals surface area contributed by atoms with Crippen molar-refractivity contribution in [2.24, 2.45) is 0 Å². The van der Waals surface area contributed by atoms with Crippen LogP contribution in [0.15, 0.2) is 22.4 Å². The van der Waals surface area contributed by atoms with E-state index >= 15 is 0 Å². The average molecular weight is 331 g/mol. The average Bonchev–Trinajstić information content (AvgIpc) is 2.49. The van der Waals surface area contributed by atoms with E-state index in [0.717, 1.165) is 10.5 Å². The highest BCUT2D eigenvalue weighted by Gasteiger charge is 2.07. The first-order valence-corrected chi connectivity index (χ1v) is 6.38. The molecule has 0 radical (unpaired) electrons. The van der Waals surface area contributed by atoms with Crippen LogP contribution in [-0.4, -0.2) is 0 Å². The van der Waals surface area contributed by atoms with Crippen molar-refractivity contribution in [3.8, 4) is 6.07 Å². The van der Waals surface area contributed by atoms with Crippen molar-refractivity contribution in [3.63, 3.8) is 0 Å². The van der Waals surface area contributed by atoms with Gasteiger partial charge in [0.1, 0.15) is 0 Å². The van der Waals surface area contributed by atoms with E-state index in [9.17, 15) is 0 Å². The number of halogens is 1. The predicted octanol–water partition coefficient (Wildman–Crippen LogP) is 3.86. The quantitative estimate of drug-likeness (QED) is 0.623. The maximum atomic E-state index is 8.68. The maximum Gasteiger partial charge on any atom is 0.0670 e. The highest BCUT2D eigenvalue weighted by Crippen LogP contribution is 2.32. The number of nitrogens with zero attached hydrogens (tertiary/aromatic N) is 1. The molecule has 2 rings (SSSR count). The first-order chi connectivity index (χ1) is 6.72. The van der Waals surface area contributed by atoms with E-state index in [-0.39, 0.29) is 0 Å². The van der Waals surface area contributed by atoms with Crippen molar-refractivity contribution < 1.29 is 0 Å². The second-order valence-corrected chi connectivity index (χ2v) is 5.49. The largest absolute Gasteiger partial charge is 0.198 e. The van der Waals surface area contributed by atoms with Crippen LogP contribution in [0.5, 0.6) is 0 Å². The molecule has 0 aliphatic rings. The standard InChI is InChI=1S/C10H6INS2/c11-8-3-7(13)4-9-10(8)6(1-2-12)5-14-9/h3-5,13H,1H2. The number of hydrogen-bond donors (Lipinski definition) is 1. The van der Waals surface area contributed by atoms with E-state index in [4.69, 9.17) is 5.26 Å². The van der Waals surface area contributed by atoms with Gasteiger partial charge in [0.15, 0.2) is 0 Å². The topological polar surface area (TPSA) is 23.8 Å². The van der Waals surface area contributed by atoms with Gasteiger partial charge in [-0.15, -0.1) is 24.0 Å². The first kappa shape index (κ1) is 10.3. The molecule has 0 amide bonds. The third-order valence-corrected chi connectivity index (χ3v) is 4.04. The van der Waals surface area contributed by atoms with Crippen LogP contribution < -0.4 is 0 Å². The molecular formula is C10H6INS2. The van der Waals surface area contributed by atoms with Gasteiger partial charge in [-0.25, -0.2) is 0 Å². The molecule has 1 nitrogen and oxygen atoms in total. The fourth-order valence-corrected chi connectivity index (χ4v) is 4.15. The van der Waals surface area contributed by atoms with E-state index in [1.165, 1.54) is 13.7 Å². The molecule has 4 heteroatoms. The van der Waals surface area contributed by atoms with E-state index in [1.54, 1.807) is 11.3 Å². The van der Waals surface area contributed by atoms with Gasteiger partial charge in [-0.05, 0) is 45.7 Å². The summed E-state index contributed by atoms with van der Waals surface area (Å²) in [6, 6.07) is 6.26. The molecule has 0 aliphatic heterocycles. The van der Waals surface area contributed by atoms with Crippen LogP contribution in [0.3, 0.4) is 0 Å². The normalized spacial score (nSPS) is 10.4. The molecule has 0 aliphatic carbocycles. The lowest BCUT2D eigenvalue weighted by molar-refractivity contribution is 1.30. The highest BCUT2D eigenvalue weighted by atomic mass is 127. The van der Waals surface area contributed by atoms with Crippen LogP contribution >= 0.6 is 46.6 Å². The fraction of sp³-hybridized carbons (Fsp3) is 0.100. The summed E-state index contributed by atoms with van der Waals surface area (Å²) >= 11 is 8.30. The maximum absolute atomic E-state index is 8.68. The summed E-state index contributed by atoms with van der Waals surface area (Å²) in [5.41, 5.74) is 1.13. The second kappa shape index (κ2) is 4.09. The molecule has 70 valence electrons. The number of benzene rings is 1. The molecule has 2 aromatic rings. The number of thiol groups is 1. The van der Waals surface area contributed by atoms with Crippen LogP contribution in [-0.2, 0) is 6.42 Å². The molecule has 0 N–H and O–H groups in total. The van der Waals surface area contributed by atoms with Crippen molar-refractivity contribution in [3.05, 3.63) is 26.6 Å². The molecular weight excluding hydrogens is 325 g/mol. The lowest BCUT2D eigenvalue weighted by Crippen LogP contribution is -1.81. The molecule has 1 aromatic heterocycles. The molecule has 0 spiro atoms. The van der Waals surface area contributed by atoms with Crippen LogP contribution in [0.1, 0.15) is 5.56 Å². The summed E-state index contributed by atoms with van der Waals surface area (Å²) in [6.07, 6.45) is 0.488. The van der Waals surface area contributed by atoms with Crippen LogP contribution in [0.4, 0.5) is 0 Å². The van der Waals surface area contributed by atoms with E-state index < -0.39 is 0 Å². The van der Waals surface area contributed by atoms with Crippen molar-refractivity contribution in [1.82, 2.24) is 0 Å². The fourth-order valence-electron chi connectivity index (χ4n) is 1.38. The zero-order valence-electron chi connectivity index (χ0n) is 7.12. The minimum absolute atomic E-state index is 0.488. The van der Waals surface area contributed by atoms with Crippen molar-refractivity contribution in [1.29, 1.82) is 5.26 Å². The monoisotopic (exact) mass is 331 g/mol. The zero-order chi connectivity index (χ0) is 10.1. The van der Waals surface area contributed by atoms with Gasteiger partial charge in [0.05, 0.1) is 12.5 Å².